The average molecular weight is 284 g/mol. The van der Waals surface area contributed by atoms with E-state index in [9.17, 15) is 4.79 Å². The van der Waals surface area contributed by atoms with Crippen LogP contribution in [0, 0.1) is 0 Å². The first-order chi connectivity index (χ1) is 10.2. The largest absolute Gasteiger partial charge is 0.497 e. The van der Waals surface area contributed by atoms with Crippen LogP contribution in [0.5, 0.6) is 5.75 Å². The van der Waals surface area contributed by atoms with Crippen LogP contribution in [0.2, 0.25) is 0 Å². The van der Waals surface area contributed by atoms with Crippen LogP contribution < -0.4 is 15.4 Å². The number of ether oxygens (including phenoxy) is 1. The highest BCUT2D eigenvalue weighted by atomic mass is 16.5. The Morgan fingerprint density at radius 3 is 2.52 bits per heavy atom. The number of carbonyl (C=O) groups excluding carboxylic acids is 1. The molecule has 0 aliphatic rings. The Morgan fingerprint density at radius 2 is 1.86 bits per heavy atom. The molecule has 0 heterocycles. The molecule has 2 rings (SSSR count). The summed E-state index contributed by atoms with van der Waals surface area (Å²) in [5.74, 6) is 0.749. The van der Waals surface area contributed by atoms with Crippen LogP contribution in [0.3, 0.4) is 0 Å². The third-order valence-electron chi connectivity index (χ3n) is 3.49. The van der Waals surface area contributed by atoms with Gasteiger partial charge in [-0.1, -0.05) is 30.3 Å². The lowest BCUT2D eigenvalue weighted by Crippen LogP contribution is -2.28. The number of likely N-dealkylation sites (N-methyl/N-ethyl adjacent to an activating group) is 1. The lowest BCUT2D eigenvalue weighted by Gasteiger charge is -2.19. The maximum Gasteiger partial charge on any atom is 0.231 e. The van der Waals surface area contributed by atoms with Gasteiger partial charge in [0.25, 0.3) is 0 Å². The number of methoxy groups -OCH3 is 1. The number of hydrogen-bond acceptors (Lipinski definition) is 3. The number of rotatable bonds is 5. The van der Waals surface area contributed by atoms with Gasteiger partial charge in [-0.25, -0.2) is 0 Å². The molecule has 0 unspecified atom stereocenters. The molecule has 4 heteroatoms. The van der Waals surface area contributed by atoms with Crippen LogP contribution in [-0.2, 0) is 17.8 Å². The van der Waals surface area contributed by atoms with Gasteiger partial charge in [-0.15, -0.1) is 0 Å². The van der Waals surface area contributed by atoms with Crippen LogP contribution in [0.15, 0.2) is 48.5 Å². The molecule has 0 fully saturated rings. The zero-order chi connectivity index (χ0) is 15.2. The molecule has 0 saturated heterocycles. The van der Waals surface area contributed by atoms with Crippen molar-refractivity contribution in [2.24, 2.45) is 5.73 Å². The number of anilines is 1. The molecule has 2 aromatic carbocycles. The van der Waals surface area contributed by atoms with Crippen molar-refractivity contribution in [2.75, 3.05) is 19.1 Å². The molecule has 2 aromatic rings. The summed E-state index contributed by atoms with van der Waals surface area (Å²) in [6, 6.07) is 15.2. The summed E-state index contributed by atoms with van der Waals surface area (Å²) in [6.45, 7) is 0.437. The fraction of sp³-hybridized carbons (Fsp3) is 0.235. The first-order valence-corrected chi connectivity index (χ1v) is 6.83. The van der Waals surface area contributed by atoms with Crippen molar-refractivity contribution in [3.8, 4) is 5.75 Å². The highest BCUT2D eigenvalue weighted by Gasteiger charge is 2.13. The minimum atomic E-state index is 0.0177. The molecular formula is C17H20N2O2. The van der Waals surface area contributed by atoms with Gasteiger partial charge in [0.2, 0.25) is 5.91 Å². The van der Waals surface area contributed by atoms with Crippen molar-refractivity contribution < 1.29 is 9.53 Å². The first-order valence-electron chi connectivity index (χ1n) is 6.83. The van der Waals surface area contributed by atoms with Crippen LogP contribution in [0.25, 0.3) is 0 Å². The number of nitrogens with two attached hydrogens (primary N) is 1. The van der Waals surface area contributed by atoms with E-state index in [1.807, 2.05) is 48.5 Å². The van der Waals surface area contributed by atoms with E-state index in [1.165, 1.54) is 0 Å². The molecule has 0 radical (unpaired) electrons. The van der Waals surface area contributed by atoms with Gasteiger partial charge in [0.15, 0.2) is 0 Å². The Morgan fingerprint density at radius 1 is 1.14 bits per heavy atom. The van der Waals surface area contributed by atoms with Crippen LogP contribution in [0.1, 0.15) is 11.1 Å². The summed E-state index contributed by atoms with van der Waals surface area (Å²) >= 11 is 0. The molecular weight excluding hydrogens is 264 g/mol. The Balaban J connectivity index is 2.15. The highest BCUT2D eigenvalue weighted by molar-refractivity contribution is 5.94. The number of carbonyl (C=O) groups is 1. The van der Waals surface area contributed by atoms with Crippen molar-refractivity contribution in [3.05, 3.63) is 59.7 Å². The van der Waals surface area contributed by atoms with E-state index in [0.29, 0.717) is 13.0 Å². The number of nitrogens with zero attached hydrogens (tertiary/aromatic N) is 1. The van der Waals surface area contributed by atoms with Crippen LogP contribution in [0.4, 0.5) is 5.69 Å². The predicted molar refractivity (Wildman–Crippen MR) is 84.4 cm³/mol. The zero-order valence-corrected chi connectivity index (χ0v) is 12.4. The predicted octanol–water partition coefficient (Wildman–Crippen LogP) is 2.36. The summed E-state index contributed by atoms with van der Waals surface area (Å²) in [6.07, 6.45) is 0.334. The maximum absolute atomic E-state index is 12.4. The van der Waals surface area contributed by atoms with Crippen LogP contribution >= 0.6 is 0 Å². The molecule has 0 spiro atoms. The second-order valence-corrected chi connectivity index (χ2v) is 4.80. The molecule has 21 heavy (non-hydrogen) atoms. The highest BCUT2D eigenvalue weighted by Crippen LogP contribution is 2.21. The summed E-state index contributed by atoms with van der Waals surface area (Å²) in [5, 5.41) is 0. The van der Waals surface area contributed by atoms with E-state index in [-0.39, 0.29) is 5.91 Å². The second kappa shape index (κ2) is 6.90. The summed E-state index contributed by atoms with van der Waals surface area (Å²) in [5.41, 5.74) is 8.50. The number of benzene rings is 2. The van der Waals surface area contributed by atoms with Gasteiger partial charge in [-0.05, 0) is 23.3 Å². The number of hydrogen-bond donors (Lipinski definition) is 1. The van der Waals surface area contributed by atoms with E-state index in [4.69, 9.17) is 10.5 Å². The van der Waals surface area contributed by atoms with Gasteiger partial charge in [-0.3, -0.25) is 4.79 Å². The molecule has 110 valence electrons. The second-order valence-electron chi connectivity index (χ2n) is 4.80. The first kappa shape index (κ1) is 15.1. The fourth-order valence-corrected chi connectivity index (χ4v) is 2.17. The molecule has 0 aliphatic carbocycles. The van der Waals surface area contributed by atoms with Crippen molar-refractivity contribution >= 4 is 11.6 Å². The Labute approximate surface area is 125 Å². The van der Waals surface area contributed by atoms with Gasteiger partial charge in [0.05, 0.1) is 13.5 Å². The molecule has 0 bridgehead atoms. The zero-order valence-electron chi connectivity index (χ0n) is 12.4. The monoisotopic (exact) mass is 284 g/mol. The summed E-state index contributed by atoms with van der Waals surface area (Å²) in [4.78, 5) is 14.1. The Kier molecular flexibility index (Phi) is 4.95. The summed E-state index contributed by atoms with van der Waals surface area (Å²) in [7, 11) is 3.38. The molecule has 0 saturated carbocycles. The lowest BCUT2D eigenvalue weighted by atomic mass is 10.0. The Bertz CT molecular complexity index is 626. The molecule has 0 atom stereocenters. The third-order valence-corrected chi connectivity index (χ3v) is 3.49. The van der Waals surface area contributed by atoms with Crippen molar-refractivity contribution in [2.45, 2.75) is 13.0 Å². The quantitative estimate of drug-likeness (QED) is 0.917. The van der Waals surface area contributed by atoms with Gasteiger partial charge in [0.1, 0.15) is 5.75 Å². The minimum Gasteiger partial charge on any atom is -0.497 e. The van der Waals surface area contributed by atoms with Crippen molar-refractivity contribution in [1.82, 2.24) is 0 Å². The van der Waals surface area contributed by atoms with Gasteiger partial charge < -0.3 is 15.4 Å². The smallest absolute Gasteiger partial charge is 0.231 e. The topological polar surface area (TPSA) is 55.6 Å². The number of amides is 1. The Hall–Kier alpha value is -2.33. The van der Waals surface area contributed by atoms with E-state index in [1.54, 1.807) is 19.1 Å². The third kappa shape index (κ3) is 3.61. The van der Waals surface area contributed by atoms with E-state index in [2.05, 4.69) is 0 Å². The maximum atomic E-state index is 12.4. The fourth-order valence-electron chi connectivity index (χ4n) is 2.17. The standard InChI is InChI=1S/C17H20N2O2/c1-19(15-8-5-9-16(11-15)21-2)17(20)10-13-6-3-4-7-14(13)12-18/h3-9,11H,10,12,18H2,1-2H3. The van der Waals surface area contributed by atoms with E-state index < -0.39 is 0 Å². The average Bonchev–Trinajstić information content (AvgIpc) is 2.54. The molecule has 4 nitrogen and oxygen atoms in total. The summed E-state index contributed by atoms with van der Waals surface area (Å²) < 4.78 is 5.19. The van der Waals surface area contributed by atoms with Gasteiger partial charge >= 0.3 is 0 Å². The molecule has 2 N–H and O–H groups in total. The van der Waals surface area contributed by atoms with E-state index in [0.717, 1.165) is 22.6 Å². The molecule has 1 amide bonds. The lowest BCUT2D eigenvalue weighted by molar-refractivity contribution is -0.117. The normalized spacial score (nSPS) is 10.2. The SMILES string of the molecule is COc1cccc(N(C)C(=O)Cc2ccccc2CN)c1. The van der Waals surface area contributed by atoms with Gasteiger partial charge in [-0.2, -0.15) is 0 Å². The minimum absolute atomic E-state index is 0.0177. The molecule has 0 aromatic heterocycles. The van der Waals surface area contributed by atoms with E-state index >= 15 is 0 Å². The molecule has 0 aliphatic heterocycles. The van der Waals surface area contributed by atoms with Crippen molar-refractivity contribution in [1.29, 1.82) is 0 Å². The van der Waals surface area contributed by atoms with Crippen LogP contribution in [-0.4, -0.2) is 20.1 Å². The van der Waals surface area contributed by atoms with Gasteiger partial charge in [0, 0.05) is 25.3 Å². The van der Waals surface area contributed by atoms with Crippen molar-refractivity contribution in [3.63, 3.8) is 0 Å².